The van der Waals surface area contributed by atoms with Crippen LogP contribution in [0.15, 0.2) is 48.5 Å². The highest BCUT2D eigenvalue weighted by Crippen LogP contribution is 2.40. The van der Waals surface area contributed by atoms with Gasteiger partial charge in [0.15, 0.2) is 0 Å². The third kappa shape index (κ3) is 3.34. The minimum Gasteiger partial charge on any atom is -0.497 e. The highest BCUT2D eigenvalue weighted by atomic mass is 16.5. The van der Waals surface area contributed by atoms with Crippen molar-refractivity contribution in [1.82, 2.24) is 0 Å². The number of hydrogen-bond acceptors (Lipinski definition) is 4. The number of methoxy groups -OCH3 is 2. The summed E-state index contributed by atoms with van der Waals surface area (Å²) in [5.41, 5.74) is 2.67. The van der Waals surface area contributed by atoms with E-state index in [1.807, 2.05) is 35.2 Å². The summed E-state index contributed by atoms with van der Waals surface area (Å²) in [7, 11) is 3.09. The van der Waals surface area contributed by atoms with Gasteiger partial charge in [-0.1, -0.05) is 25.5 Å². The van der Waals surface area contributed by atoms with Gasteiger partial charge in [-0.3, -0.25) is 9.59 Å². The van der Waals surface area contributed by atoms with Crippen LogP contribution in [0.1, 0.15) is 40.5 Å². The molecule has 2 amide bonds. The average molecular weight is 404 g/mol. The molecule has 0 bridgehead atoms. The molecule has 1 N–H and O–H groups in total. The summed E-state index contributed by atoms with van der Waals surface area (Å²) in [6, 6.07) is 14.4. The topological polar surface area (TPSA) is 67.9 Å². The molecule has 0 unspecified atom stereocenters. The Morgan fingerprint density at radius 3 is 2.43 bits per heavy atom. The van der Waals surface area contributed by atoms with Gasteiger partial charge in [0.2, 0.25) is 0 Å². The normalized spacial score (nSPS) is 12.4. The van der Waals surface area contributed by atoms with E-state index in [4.69, 9.17) is 9.47 Å². The van der Waals surface area contributed by atoms with Crippen molar-refractivity contribution in [3.8, 4) is 11.5 Å². The van der Waals surface area contributed by atoms with Crippen LogP contribution in [0.2, 0.25) is 0 Å². The highest BCUT2D eigenvalue weighted by molar-refractivity contribution is 6.27. The molecule has 0 spiro atoms. The molecule has 0 fully saturated rings. The Morgan fingerprint density at radius 1 is 1.03 bits per heavy atom. The van der Waals surface area contributed by atoms with Crippen LogP contribution in [-0.4, -0.2) is 32.6 Å². The summed E-state index contributed by atoms with van der Waals surface area (Å²) in [5, 5.41) is 4.72. The lowest BCUT2D eigenvalue weighted by Gasteiger charge is -2.18. The number of rotatable bonds is 7. The van der Waals surface area contributed by atoms with E-state index in [2.05, 4.69) is 12.2 Å². The Bertz CT molecular complexity index is 1120. The second-order valence-electron chi connectivity index (χ2n) is 7.23. The smallest absolute Gasteiger partial charge is 0.258 e. The monoisotopic (exact) mass is 404 g/mol. The molecule has 1 heterocycles. The minimum atomic E-state index is -0.278. The summed E-state index contributed by atoms with van der Waals surface area (Å²) >= 11 is 0. The molecule has 6 nitrogen and oxygen atoms in total. The first-order valence-corrected chi connectivity index (χ1v) is 9.99. The second kappa shape index (κ2) is 8.06. The lowest BCUT2D eigenvalue weighted by atomic mass is 10.0. The molecule has 30 heavy (non-hydrogen) atoms. The lowest BCUT2D eigenvalue weighted by molar-refractivity contribution is 0.0991. The molecule has 4 rings (SSSR count). The number of hydrogen-bond donors (Lipinski definition) is 1. The zero-order valence-corrected chi connectivity index (χ0v) is 17.3. The summed E-state index contributed by atoms with van der Waals surface area (Å²) < 4.78 is 10.5. The van der Waals surface area contributed by atoms with Crippen molar-refractivity contribution < 1.29 is 19.1 Å². The van der Waals surface area contributed by atoms with Crippen LogP contribution in [0.5, 0.6) is 11.5 Å². The summed E-state index contributed by atoms with van der Waals surface area (Å²) in [5.74, 6) is 0.819. The SMILES string of the molecule is CCCCN1C(=O)c2cccc3c(NC(=O)c4cc(OC)cc(OC)c4)ccc1c23. The van der Waals surface area contributed by atoms with Gasteiger partial charge < -0.3 is 19.7 Å². The zero-order chi connectivity index (χ0) is 21.3. The van der Waals surface area contributed by atoms with Crippen LogP contribution in [0.4, 0.5) is 11.4 Å². The van der Waals surface area contributed by atoms with Gasteiger partial charge in [-0.05, 0) is 36.8 Å². The third-order valence-corrected chi connectivity index (χ3v) is 5.38. The number of nitrogens with zero attached hydrogens (tertiary/aromatic N) is 1. The molecule has 0 aromatic heterocycles. The van der Waals surface area contributed by atoms with Gasteiger partial charge >= 0.3 is 0 Å². The Balaban J connectivity index is 1.71. The quantitative estimate of drug-likeness (QED) is 0.610. The van der Waals surface area contributed by atoms with Crippen molar-refractivity contribution in [3.63, 3.8) is 0 Å². The number of amides is 2. The molecule has 0 saturated carbocycles. The van der Waals surface area contributed by atoms with Crippen LogP contribution in [0.3, 0.4) is 0 Å². The van der Waals surface area contributed by atoms with Crippen LogP contribution >= 0.6 is 0 Å². The number of carbonyl (C=O) groups is 2. The largest absolute Gasteiger partial charge is 0.497 e. The molecule has 6 heteroatoms. The maximum Gasteiger partial charge on any atom is 0.258 e. The van der Waals surface area contributed by atoms with Gasteiger partial charge in [-0.15, -0.1) is 0 Å². The summed E-state index contributed by atoms with van der Waals surface area (Å²) in [6.45, 7) is 2.80. The number of carbonyl (C=O) groups excluding carboxylic acids is 2. The van der Waals surface area contributed by atoms with E-state index >= 15 is 0 Å². The van der Waals surface area contributed by atoms with Crippen molar-refractivity contribution in [3.05, 3.63) is 59.7 Å². The minimum absolute atomic E-state index is 0.0186. The molecule has 0 atom stereocenters. The summed E-state index contributed by atoms with van der Waals surface area (Å²) in [4.78, 5) is 27.7. The maximum absolute atomic E-state index is 12.9. The van der Waals surface area contributed by atoms with Crippen LogP contribution < -0.4 is 19.7 Å². The van der Waals surface area contributed by atoms with Crippen molar-refractivity contribution in [2.24, 2.45) is 0 Å². The van der Waals surface area contributed by atoms with Crippen molar-refractivity contribution in [2.45, 2.75) is 19.8 Å². The van der Waals surface area contributed by atoms with Gasteiger partial charge in [0.1, 0.15) is 11.5 Å². The van der Waals surface area contributed by atoms with Gasteiger partial charge in [0.05, 0.1) is 19.9 Å². The van der Waals surface area contributed by atoms with Crippen molar-refractivity contribution in [1.29, 1.82) is 0 Å². The Kier molecular flexibility index (Phi) is 5.31. The van der Waals surface area contributed by atoms with Crippen molar-refractivity contribution in [2.75, 3.05) is 31.0 Å². The van der Waals surface area contributed by atoms with E-state index in [1.165, 1.54) is 0 Å². The first-order valence-electron chi connectivity index (χ1n) is 9.99. The van der Waals surface area contributed by atoms with E-state index in [0.717, 1.165) is 29.3 Å². The molecule has 1 aliphatic rings. The van der Waals surface area contributed by atoms with Gasteiger partial charge in [-0.25, -0.2) is 0 Å². The standard InChI is InChI=1S/C24H24N2O4/c1-4-5-11-26-21-10-9-20(18-7-6-8-19(22(18)21)24(26)28)25-23(27)15-12-16(29-2)14-17(13-15)30-3/h6-10,12-14H,4-5,11H2,1-3H3,(H,25,27). The van der Waals surface area contributed by atoms with Crippen LogP contribution in [0.25, 0.3) is 10.8 Å². The Labute approximate surface area is 175 Å². The molecule has 154 valence electrons. The van der Waals surface area contributed by atoms with Gasteiger partial charge in [0.25, 0.3) is 11.8 Å². The fourth-order valence-electron chi connectivity index (χ4n) is 3.83. The molecule has 0 saturated heterocycles. The fraction of sp³-hybridized carbons (Fsp3) is 0.250. The van der Waals surface area contributed by atoms with Gasteiger partial charge in [-0.2, -0.15) is 0 Å². The number of nitrogens with one attached hydrogen (secondary N) is 1. The summed E-state index contributed by atoms with van der Waals surface area (Å²) in [6.07, 6.45) is 1.96. The van der Waals surface area contributed by atoms with Crippen LogP contribution in [-0.2, 0) is 0 Å². The lowest BCUT2D eigenvalue weighted by Crippen LogP contribution is -2.27. The van der Waals surface area contributed by atoms with Gasteiger partial charge in [0, 0.05) is 40.2 Å². The average Bonchev–Trinajstić information content (AvgIpc) is 3.06. The zero-order valence-electron chi connectivity index (χ0n) is 17.3. The van der Waals surface area contributed by atoms with E-state index < -0.39 is 0 Å². The number of benzene rings is 3. The first-order chi connectivity index (χ1) is 14.6. The van der Waals surface area contributed by atoms with E-state index in [9.17, 15) is 9.59 Å². The number of unbranched alkanes of at least 4 members (excludes halogenated alkanes) is 1. The molecule has 1 aliphatic heterocycles. The molecule has 0 radical (unpaired) electrons. The highest BCUT2D eigenvalue weighted by Gasteiger charge is 2.30. The molecule has 3 aromatic carbocycles. The maximum atomic E-state index is 12.9. The molecular weight excluding hydrogens is 380 g/mol. The number of ether oxygens (including phenoxy) is 2. The predicted octanol–water partition coefficient (Wildman–Crippen LogP) is 4.87. The fourth-order valence-corrected chi connectivity index (χ4v) is 3.83. The van der Waals surface area contributed by atoms with Crippen LogP contribution in [0, 0.1) is 0 Å². The van der Waals surface area contributed by atoms with E-state index in [1.54, 1.807) is 32.4 Å². The Hall–Kier alpha value is -3.54. The molecule has 0 aliphatic carbocycles. The Morgan fingerprint density at radius 2 is 1.77 bits per heavy atom. The van der Waals surface area contributed by atoms with E-state index in [-0.39, 0.29) is 11.8 Å². The predicted molar refractivity (Wildman–Crippen MR) is 118 cm³/mol. The third-order valence-electron chi connectivity index (χ3n) is 5.38. The first kappa shape index (κ1) is 19.8. The molecular formula is C24H24N2O4. The molecule has 3 aromatic rings. The number of anilines is 2. The van der Waals surface area contributed by atoms with E-state index in [0.29, 0.717) is 34.9 Å². The second-order valence-corrected chi connectivity index (χ2v) is 7.23. The van der Waals surface area contributed by atoms with Crippen molar-refractivity contribution >= 4 is 34.0 Å².